The molecule has 0 bridgehead atoms. The van der Waals surface area contributed by atoms with Gasteiger partial charge in [-0.2, -0.15) is 18.2 Å². The number of allylic oxidation sites excluding steroid dienone is 1. The van der Waals surface area contributed by atoms with Crippen LogP contribution < -0.4 is 20.1 Å². The average molecular weight is 827 g/mol. The summed E-state index contributed by atoms with van der Waals surface area (Å²) in [6.07, 6.45) is -0.664. The summed E-state index contributed by atoms with van der Waals surface area (Å²) < 4.78 is 95.2. The fourth-order valence-electron chi connectivity index (χ4n) is 7.63. The molecular weight excluding hydrogens is 789 g/mol. The third-order valence-electron chi connectivity index (χ3n) is 11.0. The topological polar surface area (TPSA) is 190 Å². The van der Waals surface area contributed by atoms with Crippen LogP contribution in [-0.4, -0.2) is 88.6 Å². The van der Waals surface area contributed by atoms with Crippen molar-refractivity contribution >= 4 is 55.7 Å². The molecule has 2 aromatic carbocycles. The van der Waals surface area contributed by atoms with Gasteiger partial charge in [0.25, 0.3) is 11.8 Å². The van der Waals surface area contributed by atoms with Gasteiger partial charge in [-0.05, 0) is 56.7 Å². The second kappa shape index (κ2) is 15.0. The summed E-state index contributed by atoms with van der Waals surface area (Å²) in [5.41, 5.74) is -0.636. The third-order valence-corrected chi connectivity index (χ3v) is 12.8. The standard InChI is InChI=1S/C39H38F4N6O8S/c40-23-13-16-29-26(17-23)30-31(57-29)34(46-32(45-30)21-9-5-4-6-10-21)56-24-18-28-33(50)47-38(36(52)48-58(54,55)25-14-15-25)19-22(38)11-7-2-1-3-8-12-27(35(51)49(28)20-24)44-37(53)39(41,42)43/h4-7,9-11,13,16-17,22,24-25,27-28H,1-3,8,12,14-15,18-20H2,(H,44,53)(H,47,50)(H,48,52)/b11-7-/t22-,24-,27+,28+,38-/m1/s1. The van der Waals surface area contributed by atoms with Gasteiger partial charge in [0.2, 0.25) is 27.4 Å². The molecule has 58 heavy (non-hydrogen) atoms. The van der Waals surface area contributed by atoms with Gasteiger partial charge in [0.05, 0.1) is 11.8 Å². The lowest BCUT2D eigenvalue weighted by Gasteiger charge is -2.30. The molecule has 306 valence electrons. The number of nitrogens with zero attached hydrogens (tertiary/aromatic N) is 3. The number of sulfonamides is 1. The number of benzene rings is 2. The number of ether oxygens (including phenoxy) is 1. The largest absolute Gasteiger partial charge is 0.471 e. The van der Waals surface area contributed by atoms with Crippen LogP contribution in [0.3, 0.4) is 0 Å². The highest BCUT2D eigenvalue weighted by Crippen LogP contribution is 2.46. The van der Waals surface area contributed by atoms with Crippen molar-refractivity contribution in [3.8, 4) is 17.3 Å². The molecule has 19 heteroatoms. The van der Waals surface area contributed by atoms with Gasteiger partial charge >= 0.3 is 12.1 Å². The summed E-state index contributed by atoms with van der Waals surface area (Å²) in [6, 6.07) is 9.47. The monoisotopic (exact) mass is 826 g/mol. The van der Waals surface area contributed by atoms with E-state index in [0.717, 1.165) is 4.90 Å². The summed E-state index contributed by atoms with van der Waals surface area (Å²) in [7, 11) is -4.02. The Morgan fingerprint density at radius 3 is 2.53 bits per heavy atom. The Morgan fingerprint density at radius 2 is 1.79 bits per heavy atom. The molecule has 3 fully saturated rings. The molecule has 4 aliphatic rings. The lowest BCUT2D eigenvalue weighted by atomic mass is 10.0. The van der Waals surface area contributed by atoms with Crippen LogP contribution in [0, 0.1) is 11.7 Å². The Labute approximate surface area is 328 Å². The van der Waals surface area contributed by atoms with E-state index in [1.165, 1.54) is 18.2 Å². The number of carbonyl (C=O) groups is 4. The lowest BCUT2D eigenvalue weighted by molar-refractivity contribution is -0.175. The highest BCUT2D eigenvalue weighted by atomic mass is 32.2. The molecule has 3 N–H and O–H groups in total. The van der Waals surface area contributed by atoms with E-state index in [0.29, 0.717) is 43.1 Å². The van der Waals surface area contributed by atoms with Crippen molar-refractivity contribution in [3.63, 3.8) is 0 Å². The van der Waals surface area contributed by atoms with Gasteiger partial charge in [-0.3, -0.25) is 23.9 Å². The van der Waals surface area contributed by atoms with Crippen LogP contribution in [-0.2, 0) is 29.2 Å². The molecule has 2 aliphatic carbocycles. The molecule has 4 amide bonds. The minimum absolute atomic E-state index is 0.0240. The average Bonchev–Trinajstić information content (AvgIpc) is 4.08. The Morgan fingerprint density at radius 1 is 1.02 bits per heavy atom. The first-order valence-corrected chi connectivity index (χ1v) is 20.5. The number of furan rings is 1. The van der Waals surface area contributed by atoms with Gasteiger partial charge in [-0.1, -0.05) is 55.3 Å². The van der Waals surface area contributed by atoms with E-state index in [9.17, 15) is 45.2 Å². The van der Waals surface area contributed by atoms with Crippen molar-refractivity contribution in [2.24, 2.45) is 5.92 Å². The SMILES string of the molecule is O=C1N[C@]2(C(=O)NS(=O)(=O)C3CC3)C[C@H]2/C=C\CCCCC[C@H](NC(=O)C(F)(F)F)C(=O)N2C[C@H](Oc3nc(-c4ccccc4)nc4c3oc3ccc(F)cc34)C[C@@H]12. The third kappa shape index (κ3) is 7.82. The Bertz CT molecular complexity index is 2440. The van der Waals surface area contributed by atoms with E-state index >= 15 is 0 Å². The molecule has 0 spiro atoms. The molecule has 2 aliphatic heterocycles. The molecular formula is C39H38F4N6O8S. The van der Waals surface area contributed by atoms with Gasteiger partial charge in [0, 0.05) is 23.3 Å². The van der Waals surface area contributed by atoms with Crippen LogP contribution in [0.5, 0.6) is 5.88 Å². The molecule has 8 rings (SSSR count). The minimum atomic E-state index is -5.30. The van der Waals surface area contributed by atoms with E-state index in [1.54, 1.807) is 42.5 Å². The first-order valence-electron chi connectivity index (χ1n) is 19.0. The second-order valence-corrected chi connectivity index (χ2v) is 17.1. The normalized spacial score (nSPS) is 26.2. The minimum Gasteiger partial charge on any atom is -0.470 e. The summed E-state index contributed by atoms with van der Waals surface area (Å²) in [4.78, 5) is 64.8. The quantitative estimate of drug-likeness (QED) is 0.176. The van der Waals surface area contributed by atoms with Crippen LogP contribution in [0.4, 0.5) is 17.6 Å². The maximum Gasteiger partial charge on any atom is 0.471 e. The van der Waals surface area contributed by atoms with Crippen molar-refractivity contribution in [2.75, 3.05) is 6.54 Å². The fraction of sp³-hybridized carbons (Fsp3) is 0.436. The van der Waals surface area contributed by atoms with Gasteiger partial charge < -0.3 is 24.7 Å². The Balaban J connectivity index is 1.16. The molecule has 1 saturated heterocycles. The first kappa shape index (κ1) is 39.2. The predicted molar refractivity (Wildman–Crippen MR) is 199 cm³/mol. The van der Waals surface area contributed by atoms with Crippen molar-refractivity contribution in [3.05, 3.63) is 66.5 Å². The number of alkyl halides is 3. The van der Waals surface area contributed by atoms with Gasteiger partial charge in [-0.25, -0.2) is 17.8 Å². The first-order chi connectivity index (χ1) is 27.6. The van der Waals surface area contributed by atoms with Crippen molar-refractivity contribution < 1.29 is 54.3 Å². The highest BCUT2D eigenvalue weighted by Gasteiger charge is 2.62. The van der Waals surface area contributed by atoms with E-state index in [-0.39, 0.29) is 60.6 Å². The fourth-order valence-corrected chi connectivity index (χ4v) is 9.00. The highest BCUT2D eigenvalue weighted by molar-refractivity contribution is 7.91. The Kier molecular flexibility index (Phi) is 10.1. The van der Waals surface area contributed by atoms with E-state index < -0.39 is 80.5 Å². The van der Waals surface area contributed by atoms with E-state index in [1.807, 2.05) is 5.32 Å². The molecule has 5 atom stereocenters. The lowest BCUT2D eigenvalue weighted by Crippen LogP contribution is -2.58. The van der Waals surface area contributed by atoms with Gasteiger partial charge in [-0.15, -0.1) is 0 Å². The number of aromatic nitrogens is 2. The summed E-state index contributed by atoms with van der Waals surface area (Å²) >= 11 is 0. The number of halogens is 4. The zero-order valence-electron chi connectivity index (χ0n) is 30.8. The maximum atomic E-state index is 14.4. The molecule has 0 unspecified atom stereocenters. The van der Waals surface area contributed by atoms with Crippen molar-refractivity contribution in [2.45, 2.75) is 92.9 Å². The van der Waals surface area contributed by atoms with Crippen molar-refractivity contribution in [1.82, 2.24) is 30.2 Å². The number of nitrogens with one attached hydrogen (secondary N) is 3. The molecule has 4 heterocycles. The van der Waals surface area contributed by atoms with Crippen LogP contribution >= 0.6 is 0 Å². The van der Waals surface area contributed by atoms with Crippen LogP contribution in [0.15, 0.2) is 65.1 Å². The molecule has 14 nitrogen and oxygen atoms in total. The number of amides is 4. The molecule has 2 aromatic heterocycles. The predicted octanol–water partition coefficient (Wildman–Crippen LogP) is 4.58. The zero-order valence-corrected chi connectivity index (χ0v) is 31.6. The van der Waals surface area contributed by atoms with Crippen LogP contribution in [0.25, 0.3) is 33.5 Å². The number of hydrogen-bond acceptors (Lipinski definition) is 10. The summed E-state index contributed by atoms with van der Waals surface area (Å²) in [5.74, 6) is -6.24. The molecule has 2 saturated carbocycles. The van der Waals surface area contributed by atoms with Gasteiger partial charge in [0.15, 0.2) is 5.82 Å². The van der Waals surface area contributed by atoms with Crippen molar-refractivity contribution in [1.29, 1.82) is 0 Å². The molecule has 0 radical (unpaired) electrons. The number of hydrogen-bond donors (Lipinski definition) is 3. The number of fused-ring (bicyclic) bond motifs is 5. The number of carbonyl (C=O) groups excluding carboxylic acids is 4. The zero-order chi connectivity index (χ0) is 41.0. The summed E-state index contributed by atoms with van der Waals surface area (Å²) in [5, 5.41) is 4.09. The van der Waals surface area contributed by atoms with Gasteiger partial charge in [0.1, 0.15) is 40.6 Å². The smallest absolute Gasteiger partial charge is 0.470 e. The number of rotatable bonds is 7. The maximum absolute atomic E-state index is 14.4. The van der Waals surface area contributed by atoms with Crippen LogP contribution in [0.1, 0.15) is 57.8 Å². The summed E-state index contributed by atoms with van der Waals surface area (Å²) in [6.45, 7) is -0.380. The second-order valence-electron chi connectivity index (χ2n) is 15.2. The Hall–Kier alpha value is -5.59. The van der Waals surface area contributed by atoms with E-state index in [2.05, 4.69) is 20.0 Å². The van der Waals surface area contributed by atoms with E-state index in [4.69, 9.17) is 9.15 Å². The van der Waals surface area contributed by atoms with Crippen LogP contribution in [0.2, 0.25) is 0 Å². The molecule has 4 aromatic rings.